The number of nitrogens with zero attached hydrogens (tertiary/aromatic N) is 6. The van der Waals surface area contributed by atoms with Gasteiger partial charge in [0, 0.05) is 11.9 Å². The van der Waals surface area contributed by atoms with Crippen LogP contribution in [-0.2, 0) is 13.2 Å². The highest BCUT2D eigenvalue weighted by Crippen LogP contribution is 2.27. The highest BCUT2D eigenvalue weighted by Gasteiger charge is 2.18. The summed E-state index contributed by atoms with van der Waals surface area (Å²) in [5, 5.41) is 5.55. The van der Waals surface area contributed by atoms with Crippen LogP contribution in [0.5, 0.6) is 5.75 Å². The summed E-state index contributed by atoms with van der Waals surface area (Å²) < 4.78 is 9.71. The SMILES string of the molecule is Cc1c(C)n(Cc2ccccn2)c2ncn3nc(COc4ccccc4)nc3c12. The largest absolute Gasteiger partial charge is 0.486 e. The van der Waals surface area contributed by atoms with Crippen LogP contribution in [0.3, 0.4) is 0 Å². The topological polar surface area (TPSA) is 70.1 Å². The molecule has 0 saturated carbocycles. The third kappa shape index (κ3) is 3.10. The van der Waals surface area contributed by atoms with Gasteiger partial charge in [0.2, 0.25) is 0 Å². The molecule has 4 aromatic heterocycles. The third-order valence-corrected chi connectivity index (χ3v) is 5.15. The second-order valence-electron chi connectivity index (χ2n) is 6.96. The molecule has 0 aliphatic heterocycles. The standard InChI is InChI=1S/C22H20N6O/c1-15-16(2)27(12-17-8-6-7-11-23-17)21-20(15)22-25-19(26-28(22)14-24-21)13-29-18-9-4-3-5-10-18/h3-11,14H,12-13H2,1-2H3. The van der Waals surface area contributed by atoms with Gasteiger partial charge in [-0.1, -0.05) is 24.3 Å². The van der Waals surface area contributed by atoms with E-state index in [2.05, 4.69) is 33.5 Å². The van der Waals surface area contributed by atoms with E-state index in [1.54, 1.807) is 10.8 Å². The first-order chi connectivity index (χ1) is 14.2. The predicted molar refractivity (Wildman–Crippen MR) is 110 cm³/mol. The summed E-state index contributed by atoms with van der Waals surface area (Å²) in [6, 6.07) is 15.6. The van der Waals surface area contributed by atoms with Gasteiger partial charge in [-0.2, -0.15) is 0 Å². The molecule has 0 spiro atoms. The molecule has 0 atom stereocenters. The number of hydrogen-bond donors (Lipinski definition) is 0. The van der Waals surface area contributed by atoms with Gasteiger partial charge in [-0.3, -0.25) is 4.98 Å². The third-order valence-electron chi connectivity index (χ3n) is 5.15. The van der Waals surface area contributed by atoms with Crippen molar-refractivity contribution in [1.82, 2.24) is 29.1 Å². The summed E-state index contributed by atoms with van der Waals surface area (Å²) >= 11 is 0. The molecule has 4 heterocycles. The Morgan fingerprint density at radius 2 is 1.76 bits per heavy atom. The van der Waals surface area contributed by atoms with Crippen LogP contribution in [0.25, 0.3) is 16.7 Å². The number of fused-ring (bicyclic) bond motifs is 3. The van der Waals surface area contributed by atoms with E-state index in [0.29, 0.717) is 19.0 Å². The number of pyridine rings is 1. The fourth-order valence-electron chi connectivity index (χ4n) is 3.55. The Hall–Kier alpha value is -3.74. The smallest absolute Gasteiger partial charge is 0.189 e. The van der Waals surface area contributed by atoms with E-state index in [4.69, 9.17) is 9.72 Å². The number of para-hydroxylation sites is 1. The molecule has 5 aromatic rings. The molecule has 0 aliphatic rings. The summed E-state index contributed by atoms with van der Waals surface area (Å²) in [7, 11) is 0. The van der Waals surface area contributed by atoms with Crippen LogP contribution in [0.15, 0.2) is 61.1 Å². The Morgan fingerprint density at radius 1 is 0.931 bits per heavy atom. The van der Waals surface area contributed by atoms with Gasteiger partial charge in [-0.05, 0) is 43.7 Å². The van der Waals surface area contributed by atoms with Gasteiger partial charge in [0.1, 0.15) is 24.3 Å². The van der Waals surface area contributed by atoms with Crippen molar-refractivity contribution >= 4 is 16.7 Å². The molecular formula is C22H20N6O. The molecule has 0 unspecified atom stereocenters. The molecule has 0 radical (unpaired) electrons. The quantitative estimate of drug-likeness (QED) is 0.462. The van der Waals surface area contributed by atoms with Crippen LogP contribution in [0.2, 0.25) is 0 Å². The summed E-state index contributed by atoms with van der Waals surface area (Å²) in [5.41, 5.74) is 4.98. The van der Waals surface area contributed by atoms with Crippen LogP contribution >= 0.6 is 0 Å². The van der Waals surface area contributed by atoms with E-state index < -0.39 is 0 Å². The van der Waals surface area contributed by atoms with E-state index in [-0.39, 0.29) is 0 Å². The van der Waals surface area contributed by atoms with Crippen LogP contribution in [0.1, 0.15) is 22.8 Å². The fraction of sp³-hybridized carbons (Fsp3) is 0.182. The number of ether oxygens (including phenoxy) is 1. The highest BCUT2D eigenvalue weighted by atomic mass is 16.5. The van der Waals surface area contributed by atoms with Crippen LogP contribution < -0.4 is 4.74 Å². The van der Waals surface area contributed by atoms with Crippen molar-refractivity contribution < 1.29 is 4.74 Å². The van der Waals surface area contributed by atoms with Crippen LogP contribution in [0.4, 0.5) is 0 Å². The Bertz CT molecular complexity index is 1290. The van der Waals surface area contributed by atoms with E-state index in [1.807, 2.05) is 54.7 Å². The van der Waals surface area contributed by atoms with Crippen molar-refractivity contribution in [1.29, 1.82) is 0 Å². The molecule has 1 aromatic carbocycles. The van der Waals surface area contributed by atoms with Crippen molar-refractivity contribution in [3.63, 3.8) is 0 Å². The first-order valence-electron chi connectivity index (χ1n) is 9.48. The Morgan fingerprint density at radius 3 is 2.55 bits per heavy atom. The lowest BCUT2D eigenvalue weighted by Crippen LogP contribution is -2.04. The fourth-order valence-corrected chi connectivity index (χ4v) is 3.55. The maximum Gasteiger partial charge on any atom is 0.189 e. The first-order valence-corrected chi connectivity index (χ1v) is 9.48. The average molecular weight is 384 g/mol. The van der Waals surface area contributed by atoms with Gasteiger partial charge in [0.05, 0.1) is 17.6 Å². The Balaban J connectivity index is 1.54. The maximum absolute atomic E-state index is 5.80. The molecule has 29 heavy (non-hydrogen) atoms. The number of benzene rings is 1. The van der Waals surface area contributed by atoms with Gasteiger partial charge >= 0.3 is 0 Å². The molecule has 0 bridgehead atoms. The van der Waals surface area contributed by atoms with E-state index in [9.17, 15) is 0 Å². The lowest BCUT2D eigenvalue weighted by atomic mass is 10.2. The zero-order valence-electron chi connectivity index (χ0n) is 16.3. The molecule has 0 saturated heterocycles. The summed E-state index contributed by atoms with van der Waals surface area (Å²) in [4.78, 5) is 13.9. The second-order valence-corrected chi connectivity index (χ2v) is 6.96. The first kappa shape index (κ1) is 17.4. The highest BCUT2D eigenvalue weighted by molar-refractivity contribution is 5.93. The van der Waals surface area contributed by atoms with Crippen molar-refractivity contribution in [2.24, 2.45) is 0 Å². The summed E-state index contributed by atoms with van der Waals surface area (Å²) in [5.74, 6) is 1.42. The monoisotopic (exact) mass is 384 g/mol. The molecule has 0 amide bonds. The molecular weight excluding hydrogens is 364 g/mol. The maximum atomic E-state index is 5.80. The van der Waals surface area contributed by atoms with E-state index >= 15 is 0 Å². The van der Waals surface area contributed by atoms with Gasteiger partial charge in [-0.25, -0.2) is 14.5 Å². The molecule has 0 N–H and O–H groups in total. The van der Waals surface area contributed by atoms with Crippen LogP contribution in [-0.4, -0.2) is 29.1 Å². The zero-order chi connectivity index (χ0) is 19.8. The lowest BCUT2D eigenvalue weighted by molar-refractivity contribution is 0.296. The average Bonchev–Trinajstić information content (AvgIpc) is 3.28. The van der Waals surface area contributed by atoms with Gasteiger partial charge in [0.15, 0.2) is 11.5 Å². The summed E-state index contributed by atoms with van der Waals surface area (Å²) in [6.45, 7) is 5.17. The predicted octanol–water partition coefficient (Wildman–Crippen LogP) is 3.72. The Kier molecular flexibility index (Phi) is 4.20. The molecule has 7 nitrogen and oxygen atoms in total. The summed E-state index contributed by atoms with van der Waals surface area (Å²) in [6.07, 6.45) is 3.52. The minimum Gasteiger partial charge on any atom is -0.486 e. The number of aryl methyl sites for hydroxylation is 1. The number of hydrogen-bond acceptors (Lipinski definition) is 5. The minimum absolute atomic E-state index is 0.305. The zero-order valence-corrected chi connectivity index (χ0v) is 16.3. The van der Waals surface area contributed by atoms with Gasteiger partial charge in [0.25, 0.3) is 0 Å². The lowest BCUT2D eigenvalue weighted by Gasteiger charge is -2.07. The van der Waals surface area contributed by atoms with E-state index in [1.165, 1.54) is 0 Å². The van der Waals surface area contributed by atoms with Crippen molar-refractivity contribution in [3.05, 3.63) is 83.8 Å². The molecule has 5 rings (SSSR count). The van der Waals surface area contributed by atoms with Crippen molar-refractivity contribution in [2.45, 2.75) is 27.0 Å². The Labute approximate surface area is 167 Å². The van der Waals surface area contributed by atoms with Crippen molar-refractivity contribution in [2.75, 3.05) is 0 Å². The molecule has 144 valence electrons. The minimum atomic E-state index is 0.305. The molecule has 7 heteroatoms. The molecule has 0 aliphatic carbocycles. The second kappa shape index (κ2) is 7.01. The number of aromatic nitrogens is 6. The van der Waals surface area contributed by atoms with Crippen LogP contribution in [0, 0.1) is 13.8 Å². The molecule has 0 fully saturated rings. The number of rotatable bonds is 5. The van der Waals surface area contributed by atoms with E-state index in [0.717, 1.165) is 39.4 Å². The van der Waals surface area contributed by atoms with Gasteiger partial charge < -0.3 is 9.30 Å². The van der Waals surface area contributed by atoms with Crippen molar-refractivity contribution in [3.8, 4) is 5.75 Å². The van der Waals surface area contributed by atoms with Gasteiger partial charge in [-0.15, -0.1) is 5.10 Å². The normalized spacial score (nSPS) is 11.4.